The summed E-state index contributed by atoms with van der Waals surface area (Å²) in [6.45, 7) is 6.53. The first-order chi connectivity index (χ1) is 15.0. The Bertz CT molecular complexity index is 1040. The van der Waals surface area contributed by atoms with E-state index < -0.39 is 5.91 Å². The van der Waals surface area contributed by atoms with Crippen molar-refractivity contribution >= 4 is 11.7 Å². The number of anilines is 1. The number of aryl methyl sites for hydroxylation is 1. The zero-order chi connectivity index (χ0) is 21.8. The van der Waals surface area contributed by atoms with Gasteiger partial charge in [-0.25, -0.2) is 4.98 Å². The van der Waals surface area contributed by atoms with Gasteiger partial charge in [-0.15, -0.1) is 0 Å². The van der Waals surface area contributed by atoms with Crippen LogP contribution in [0, 0.1) is 6.92 Å². The van der Waals surface area contributed by atoms with E-state index in [4.69, 9.17) is 10.5 Å². The summed E-state index contributed by atoms with van der Waals surface area (Å²) in [5, 5.41) is 4.35. The standard InChI is InChI=1S/C22H27N7O2/c1-16-18(13-26-27(16)2)14-28-9-11-29(12-10-28)22-21(24-7-8-25-22)17-3-5-19(6-4-17)31-15-20(23)30/h3-8,13H,9-12,14-15H2,1-2H3,(H2,23,30). The van der Waals surface area contributed by atoms with Crippen LogP contribution >= 0.6 is 0 Å². The van der Waals surface area contributed by atoms with Gasteiger partial charge in [-0.05, 0) is 31.2 Å². The average molecular weight is 422 g/mol. The summed E-state index contributed by atoms with van der Waals surface area (Å²) in [6.07, 6.45) is 5.39. The summed E-state index contributed by atoms with van der Waals surface area (Å²) in [5.74, 6) is 0.968. The van der Waals surface area contributed by atoms with Gasteiger partial charge in [0.1, 0.15) is 11.4 Å². The van der Waals surface area contributed by atoms with Crippen LogP contribution < -0.4 is 15.4 Å². The number of carbonyl (C=O) groups excluding carboxylic acids is 1. The molecule has 0 aliphatic carbocycles. The van der Waals surface area contributed by atoms with Gasteiger partial charge < -0.3 is 15.4 Å². The minimum Gasteiger partial charge on any atom is -0.484 e. The molecule has 1 aromatic carbocycles. The number of nitrogens with zero attached hydrogens (tertiary/aromatic N) is 6. The van der Waals surface area contributed by atoms with Crippen molar-refractivity contribution in [3.63, 3.8) is 0 Å². The minimum absolute atomic E-state index is 0.140. The van der Waals surface area contributed by atoms with E-state index in [1.165, 1.54) is 11.3 Å². The van der Waals surface area contributed by atoms with Crippen molar-refractivity contribution in [3.05, 3.63) is 54.1 Å². The summed E-state index contributed by atoms with van der Waals surface area (Å²) < 4.78 is 7.26. The SMILES string of the molecule is Cc1c(CN2CCN(c3nccnc3-c3ccc(OCC(N)=O)cc3)CC2)cnn1C. The van der Waals surface area contributed by atoms with E-state index in [-0.39, 0.29) is 6.61 Å². The highest BCUT2D eigenvalue weighted by Crippen LogP contribution is 2.29. The molecule has 3 heterocycles. The lowest BCUT2D eigenvalue weighted by molar-refractivity contribution is -0.119. The molecule has 1 aliphatic heterocycles. The lowest BCUT2D eigenvalue weighted by atomic mass is 10.1. The van der Waals surface area contributed by atoms with Crippen LogP contribution in [-0.4, -0.2) is 63.3 Å². The highest BCUT2D eigenvalue weighted by atomic mass is 16.5. The van der Waals surface area contributed by atoms with E-state index in [1.54, 1.807) is 12.4 Å². The second-order valence-corrected chi connectivity index (χ2v) is 7.65. The molecule has 4 rings (SSSR count). The number of benzene rings is 1. The summed E-state index contributed by atoms with van der Waals surface area (Å²) in [5.41, 5.74) is 9.39. The molecule has 2 aromatic heterocycles. The van der Waals surface area contributed by atoms with Crippen molar-refractivity contribution in [1.29, 1.82) is 0 Å². The van der Waals surface area contributed by atoms with Gasteiger partial charge in [0.05, 0.1) is 6.20 Å². The molecule has 0 unspecified atom stereocenters. The normalized spacial score (nSPS) is 14.6. The predicted molar refractivity (Wildman–Crippen MR) is 118 cm³/mol. The van der Waals surface area contributed by atoms with E-state index in [2.05, 4.69) is 31.8 Å². The molecule has 1 aliphatic rings. The van der Waals surface area contributed by atoms with E-state index in [0.29, 0.717) is 5.75 Å². The quantitative estimate of drug-likeness (QED) is 0.615. The third-order valence-electron chi connectivity index (χ3n) is 5.59. The second-order valence-electron chi connectivity index (χ2n) is 7.65. The molecule has 0 atom stereocenters. The monoisotopic (exact) mass is 421 g/mol. The van der Waals surface area contributed by atoms with Crippen LogP contribution in [-0.2, 0) is 18.4 Å². The third-order valence-corrected chi connectivity index (χ3v) is 5.59. The second kappa shape index (κ2) is 9.13. The first kappa shape index (κ1) is 20.8. The molecule has 162 valence electrons. The van der Waals surface area contributed by atoms with Crippen LogP contribution in [0.5, 0.6) is 5.75 Å². The molecular formula is C22H27N7O2. The van der Waals surface area contributed by atoms with Gasteiger partial charge in [-0.1, -0.05) is 0 Å². The van der Waals surface area contributed by atoms with Gasteiger partial charge in [0.15, 0.2) is 12.4 Å². The van der Waals surface area contributed by atoms with Crippen molar-refractivity contribution < 1.29 is 9.53 Å². The Balaban J connectivity index is 1.43. The van der Waals surface area contributed by atoms with Gasteiger partial charge >= 0.3 is 0 Å². The van der Waals surface area contributed by atoms with Crippen LogP contribution in [0.1, 0.15) is 11.3 Å². The van der Waals surface area contributed by atoms with Crippen molar-refractivity contribution in [2.45, 2.75) is 13.5 Å². The fourth-order valence-corrected chi connectivity index (χ4v) is 3.69. The van der Waals surface area contributed by atoms with Crippen LogP contribution in [0.3, 0.4) is 0 Å². The zero-order valence-electron chi connectivity index (χ0n) is 17.9. The van der Waals surface area contributed by atoms with Gasteiger partial charge in [0, 0.05) is 69.0 Å². The van der Waals surface area contributed by atoms with Crippen molar-refractivity contribution in [3.8, 4) is 17.0 Å². The van der Waals surface area contributed by atoms with Crippen LogP contribution in [0.25, 0.3) is 11.3 Å². The number of amides is 1. The number of piperazine rings is 1. The van der Waals surface area contributed by atoms with Gasteiger partial charge in [0.25, 0.3) is 5.91 Å². The van der Waals surface area contributed by atoms with Gasteiger partial charge in [-0.2, -0.15) is 5.10 Å². The van der Waals surface area contributed by atoms with Gasteiger partial charge in [-0.3, -0.25) is 19.4 Å². The number of nitrogens with two attached hydrogens (primary N) is 1. The maximum atomic E-state index is 10.9. The molecule has 3 aromatic rings. The maximum absolute atomic E-state index is 10.9. The van der Waals surface area contributed by atoms with Crippen molar-refractivity contribution in [1.82, 2.24) is 24.6 Å². The summed E-state index contributed by atoms with van der Waals surface area (Å²) in [7, 11) is 1.97. The topological polar surface area (TPSA) is 102 Å². The number of rotatable bonds is 7. The molecule has 9 nitrogen and oxygen atoms in total. The van der Waals surface area contributed by atoms with E-state index in [9.17, 15) is 4.79 Å². The summed E-state index contributed by atoms with van der Waals surface area (Å²) >= 11 is 0. The number of primary amides is 1. The molecule has 2 N–H and O–H groups in total. The Hall–Kier alpha value is -3.46. The molecule has 31 heavy (non-hydrogen) atoms. The average Bonchev–Trinajstić information content (AvgIpc) is 3.11. The molecule has 9 heteroatoms. The van der Waals surface area contributed by atoms with Crippen molar-refractivity contribution in [2.24, 2.45) is 12.8 Å². The third kappa shape index (κ3) is 4.83. The fourth-order valence-electron chi connectivity index (χ4n) is 3.69. The van der Waals surface area contributed by atoms with E-state index in [1.807, 2.05) is 42.2 Å². The smallest absolute Gasteiger partial charge is 0.255 e. The molecule has 0 bridgehead atoms. The number of hydrogen-bond acceptors (Lipinski definition) is 7. The maximum Gasteiger partial charge on any atom is 0.255 e. The molecule has 1 saturated heterocycles. The Morgan fingerprint density at radius 1 is 1.10 bits per heavy atom. The lowest BCUT2D eigenvalue weighted by Crippen LogP contribution is -2.46. The molecule has 0 radical (unpaired) electrons. The number of hydrogen-bond donors (Lipinski definition) is 1. The molecule has 0 saturated carbocycles. The van der Waals surface area contributed by atoms with Gasteiger partial charge in [0.2, 0.25) is 0 Å². The number of ether oxygens (including phenoxy) is 1. The largest absolute Gasteiger partial charge is 0.484 e. The summed E-state index contributed by atoms with van der Waals surface area (Å²) in [4.78, 5) is 24.8. The minimum atomic E-state index is -0.502. The Kier molecular flexibility index (Phi) is 6.13. The molecule has 1 amide bonds. The Labute approximate surface area is 181 Å². The first-order valence-corrected chi connectivity index (χ1v) is 10.3. The highest BCUT2D eigenvalue weighted by Gasteiger charge is 2.22. The number of aromatic nitrogens is 4. The van der Waals surface area contributed by atoms with Crippen LogP contribution in [0.4, 0.5) is 5.82 Å². The highest BCUT2D eigenvalue weighted by molar-refractivity contribution is 5.75. The molecule has 0 spiro atoms. The molecular weight excluding hydrogens is 394 g/mol. The lowest BCUT2D eigenvalue weighted by Gasteiger charge is -2.35. The van der Waals surface area contributed by atoms with Crippen LogP contribution in [0.15, 0.2) is 42.9 Å². The molecule has 1 fully saturated rings. The number of carbonyl (C=O) groups is 1. The van der Waals surface area contributed by atoms with E-state index >= 15 is 0 Å². The fraction of sp³-hybridized carbons (Fsp3) is 0.364. The first-order valence-electron chi connectivity index (χ1n) is 10.3. The predicted octanol–water partition coefficient (Wildman–Crippen LogP) is 1.37. The van der Waals surface area contributed by atoms with Crippen molar-refractivity contribution in [2.75, 3.05) is 37.7 Å². The zero-order valence-corrected chi connectivity index (χ0v) is 17.9. The Morgan fingerprint density at radius 3 is 2.45 bits per heavy atom. The van der Waals surface area contributed by atoms with Crippen LogP contribution in [0.2, 0.25) is 0 Å². The summed E-state index contributed by atoms with van der Waals surface area (Å²) in [6, 6.07) is 7.46. The Morgan fingerprint density at radius 2 is 1.81 bits per heavy atom. The van der Waals surface area contributed by atoms with E-state index in [0.717, 1.165) is 49.8 Å².